The third-order valence-corrected chi connectivity index (χ3v) is 5.63. The summed E-state index contributed by atoms with van der Waals surface area (Å²) < 4.78 is 13.1. The van der Waals surface area contributed by atoms with Gasteiger partial charge < -0.3 is 13.8 Å². The van der Waals surface area contributed by atoms with E-state index in [2.05, 4.69) is 50.6 Å². The summed E-state index contributed by atoms with van der Waals surface area (Å²) in [5, 5.41) is 13.9. The maximum absolute atomic E-state index is 5.56. The molecule has 4 heterocycles. The van der Waals surface area contributed by atoms with Gasteiger partial charge >= 0.3 is 0 Å². The van der Waals surface area contributed by atoms with Gasteiger partial charge in [-0.3, -0.25) is 4.57 Å². The highest BCUT2D eigenvalue weighted by Gasteiger charge is 2.24. The fourth-order valence-electron chi connectivity index (χ4n) is 3.16. The van der Waals surface area contributed by atoms with Crippen LogP contribution in [0.15, 0.2) is 32.5 Å². The minimum absolute atomic E-state index is 0.156. The van der Waals surface area contributed by atoms with E-state index in [0.717, 1.165) is 30.0 Å². The molecule has 1 aliphatic rings. The Morgan fingerprint density at radius 3 is 2.64 bits per heavy atom. The Morgan fingerprint density at radius 2 is 1.96 bits per heavy atom. The van der Waals surface area contributed by atoms with Crippen LogP contribution in [-0.4, -0.2) is 38.0 Å². The second-order valence-corrected chi connectivity index (χ2v) is 8.99. The first-order chi connectivity index (χ1) is 13.5. The SMILES string of the molecule is CC(C)(C)c1nc(CSc2nnc(N3CCCCC3)n2Cc2ccco2)no1. The number of aromatic nitrogens is 5. The van der Waals surface area contributed by atoms with Crippen LogP contribution in [0.25, 0.3) is 0 Å². The third-order valence-electron chi connectivity index (χ3n) is 4.67. The van der Waals surface area contributed by atoms with Crippen LogP contribution in [0.1, 0.15) is 57.5 Å². The van der Waals surface area contributed by atoms with E-state index in [0.29, 0.717) is 24.0 Å². The largest absolute Gasteiger partial charge is 0.467 e. The molecule has 0 saturated carbocycles. The maximum Gasteiger partial charge on any atom is 0.232 e. The normalized spacial score (nSPS) is 15.3. The van der Waals surface area contributed by atoms with E-state index in [1.54, 1.807) is 18.0 Å². The molecule has 150 valence electrons. The van der Waals surface area contributed by atoms with Crippen molar-refractivity contribution in [1.29, 1.82) is 0 Å². The molecular formula is C19H26N6O2S. The van der Waals surface area contributed by atoms with Gasteiger partial charge in [-0.1, -0.05) is 37.7 Å². The van der Waals surface area contributed by atoms with Crippen LogP contribution in [0.5, 0.6) is 0 Å². The van der Waals surface area contributed by atoms with Gasteiger partial charge in [0.15, 0.2) is 11.0 Å². The molecule has 0 atom stereocenters. The van der Waals surface area contributed by atoms with Crippen LogP contribution in [-0.2, 0) is 17.7 Å². The minimum Gasteiger partial charge on any atom is -0.467 e. The van der Waals surface area contributed by atoms with Crippen LogP contribution >= 0.6 is 11.8 Å². The Morgan fingerprint density at radius 1 is 1.14 bits per heavy atom. The van der Waals surface area contributed by atoms with E-state index in [-0.39, 0.29) is 5.41 Å². The molecule has 0 amide bonds. The lowest BCUT2D eigenvalue weighted by Gasteiger charge is -2.27. The molecule has 0 unspecified atom stereocenters. The summed E-state index contributed by atoms with van der Waals surface area (Å²) in [4.78, 5) is 6.83. The molecule has 0 radical (unpaired) electrons. The van der Waals surface area contributed by atoms with Gasteiger partial charge in [0, 0.05) is 18.5 Å². The van der Waals surface area contributed by atoms with Crippen molar-refractivity contribution in [3.63, 3.8) is 0 Å². The Bertz CT molecular complexity index is 890. The first-order valence-corrected chi connectivity index (χ1v) is 10.7. The van der Waals surface area contributed by atoms with Gasteiger partial charge in [0.1, 0.15) is 5.76 Å². The van der Waals surface area contributed by atoms with Crippen molar-refractivity contribution in [3.05, 3.63) is 35.9 Å². The molecule has 1 saturated heterocycles. The van der Waals surface area contributed by atoms with Gasteiger partial charge in [-0.15, -0.1) is 10.2 Å². The van der Waals surface area contributed by atoms with Crippen molar-refractivity contribution in [2.24, 2.45) is 0 Å². The Kier molecular flexibility index (Phi) is 5.43. The summed E-state index contributed by atoms with van der Waals surface area (Å²) in [5.41, 5.74) is -0.156. The fourth-order valence-corrected chi connectivity index (χ4v) is 3.93. The summed E-state index contributed by atoms with van der Waals surface area (Å²) in [6, 6.07) is 3.88. The van der Waals surface area contributed by atoms with Crippen molar-refractivity contribution in [2.75, 3.05) is 18.0 Å². The Balaban J connectivity index is 1.54. The van der Waals surface area contributed by atoms with Crippen molar-refractivity contribution in [1.82, 2.24) is 24.9 Å². The van der Waals surface area contributed by atoms with Gasteiger partial charge in [0.2, 0.25) is 11.8 Å². The second kappa shape index (κ2) is 7.98. The Labute approximate surface area is 168 Å². The van der Waals surface area contributed by atoms with E-state index in [1.807, 2.05) is 12.1 Å². The van der Waals surface area contributed by atoms with Crippen LogP contribution < -0.4 is 4.90 Å². The molecular weight excluding hydrogens is 376 g/mol. The van der Waals surface area contributed by atoms with Crippen molar-refractivity contribution in [2.45, 2.75) is 62.9 Å². The van der Waals surface area contributed by atoms with Gasteiger partial charge in [-0.05, 0) is 31.4 Å². The second-order valence-electron chi connectivity index (χ2n) is 8.05. The zero-order valence-electron chi connectivity index (χ0n) is 16.6. The molecule has 0 aromatic carbocycles. The number of piperidine rings is 1. The topological polar surface area (TPSA) is 86.0 Å². The standard InChI is InChI=1S/C19H26N6O2S/c1-19(2,3)16-20-15(23-27-16)13-28-18-22-21-17(24-9-5-4-6-10-24)25(18)12-14-8-7-11-26-14/h7-8,11H,4-6,9-10,12-13H2,1-3H3. The molecule has 0 N–H and O–H groups in total. The average molecular weight is 403 g/mol. The van der Waals surface area contributed by atoms with E-state index < -0.39 is 0 Å². The number of nitrogens with zero attached hydrogens (tertiary/aromatic N) is 6. The van der Waals surface area contributed by atoms with Gasteiger partial charge in [-0.25, -0.2) is 0 Å². The first-order valence-electron chi connectivity index (χ1n) is 9.67. The number of anilines is 1. The van der Waals surface area contributed by atoms with Gasteiger partial charge in [-0.2, -0.15) is 4.98 Å². The molecule has 28 heavy (non-hydrogen) atoms. The number of rotatable bonds is 6. The highest BCUT2D eigenvalue weighted by Crippen LogP contribution is 2.28. The van der Waals surface area contributed by atoms with Crippen LogP contribution in [0, 0.1) is 0 Å². The molecule has 0 spiro atoms. The molecule has 0 bridgehead atoms. The van der Waals surface area contributed by atoms with Gasteiger partial charge in [0.05, 0.1) is 18.6 Å². The molecule has 3 aromatic heterocycles. The Hall–Kier alpha value is -2.29. The molecule has 0 aliphatic carbocycles. The third kappa shape index (κ3) is 4.24. The summed E-state index contributed by atoms with van der Waals surface area (Å²) in [7, 11) is 0. The number of thioether (sulfide) groups is 1. The van der Waals surface area contributed by atoms with Crippen LogP contribution in [0.2, 0.25) is 0 Å². The van der Waals surface area contributed by atoms with Crippen molar-refractivity contribution in [3.8, 4) is 0 Å². The van der Waals surface area contributed by atoms with Gasteiger partial charge in [0.25, 0.3) is 0 Å². The average Bonchev–Trinajstić information content (AvgIpc) is 3.42. The van der Waals surface area contributed by atoms with Crippen molar-refractivity contribution >= 4 is 17.7 Å². The number of hydrogen-bond donors (Lipinski definition) is 0. The fraction of sp³-hybridized carbons (Fsp3) is 0.579. The summed E-state index contributed by atoms with van der Waals surface area (Å²) >= 11 is 1.57. The van der Waals surface area contributed by atoms with Crippen molar-refractivity contribution < 1.29 is 8.94 Å². The number of furan rings is 1. The monoisotopic (exact) mass is 402 g/mol. The molecule has 9 heteroatoms. The molecule has 8 nitrogen and oxygen atoms in total. The van der Waals surface area contributed by atoms with Crippen LogP contribution in [0.4, 0.5) is 5.95 Å². The first kappa shape index (κ1) is 19.0. The predicted molar refractivity (Wildman–Crippen MR) is 106 cm³/mol. The highest BCUT2D eigenvalue weighted by molar-refractivity contribution is 7.98. The summed E-state index contributed by atoms with van der Waals surface area (Å²) in [5.74, 6) is 3.68. The predicted octanol–water partition coefficient (Wildman–Crippen LogP) is 3.88. The number of hydrogen-bond acceptors (Lipinski definition) is 8. The lowest BCUT2D eigenvalue weighted by atomic mass is 9.97. The quantitative estimate of drug-likeness (QED) is 0.574. The molecule has 3 aromatic rings. The molecule has 1 fully saturated rings. The molecule has 4 rings (SSSR count). The lowest BCUT2D eigenvalue weighted by Crippen LogP contribution is -2.32. The lowest BCUT2D eigenvalue weighted by molar-refractivity contribution is 0.319. The highest BCUT2D eigenvalue weighted by atomic mass is 32.2. The van der Waals surface area contributed by atoms with E-state index >= 15 is 0 Å². The van der Waals surface area contributed by atoms with E-state index in [9.17, 15) is 0 Å². The van der Waals surface area contributed by atoms with E-state index in [1.165, 1.54) is 19.3 Å². The zero-order chi connectivity index (χ0) is 19.6. The van der Waals surface area contributed by atoms with E-state index in [4.69, 9.17) is 8.94 Å². The molecule has 1 aliphatic heterocycles. The van der Waals surface area contributed by atoms with Crippen LogP contribution in [0.3, 0.4) is 0 Å². The summed E-state index contributed by atoms with van der Waals surface area (Å²) in [6.45, 7) is 8.81. The summed E-state index contributed by atoms with van der Waals surface area (Å²) in [6.07, 6.45) is 5.35. The minimum atomic E-state index is -0.156. The maximum atomic E-state index is 5.56. The smallest absolute Gasteiger partial charge is 0.232 e. The zero-order valence-corrected chi connectivity index (χ0v) is 17.4.